The molecule has 2 heterocycles. The van der Waals surface area contributed by atoms with E-state index in [2.05, 4.69) is 43.1 Å². The van der Waals surface area contributed by atoms with E-state index in [0.717, 1.165) is 49.9 Å². The van der Waals surface area contributed by atoms with Gasteiger partial charge < -0.3 is 25.4 Å². The Bertz CT molecular complexity index is 739. The molecule has 1 aromatic rings. The lowest BCUT2D eigenvalue weighted by Crippen LogP contribution is -2.47. The van der Waals surface area contributed by atoms with E-state index in [1.807, 2.05) is 6.07 Å². The van der Waals surface area contributed by atoms with Crippen LogP contribution >= 0.6 is 24.0 Å². The number of likely N-dealkylation sites (tertiary alicyclic amines) is 1. The average Bonchev–Trinajstić information content (AvgIpc) is 3.12. The van der Waals surface area contributed by atoms with Crippen LogP contribution in [0.5, 0.6) is 11.5 Å². The summed E-state index contributed by atoms with van der Waals surface area (Å²) in [6, 6.07) is 6.10. The SMILES string of the molecule is CCNC(=NCC(C)(C)c1ccc2c(c1)OCO2)N1CCCC(CC(N)=O)C1.I. The number of nitrogens with two attached hydrogens (primary N) is 1. The molecule has 2 aliphatic heterocycles. The van der Waals surface area contributed by atoms with E-state index in [1.165, 1.54) is 5.56 Å². The van der Waals surface area contributed by atoms with Crippen molar-refractivity contribution < 1.29 is 14.3 Å². The van der Waals surface area contributed by atoms with Gasteiger partial charge in [-0.15, -0.1) is 24.0 Å². The molecule has 162 valence electrons. The molecule has 1 atom stereocenters. The summed E-state index contributed by atoms with van der Waals surface area (Å²) >= 11 is 0. The number of benzene rings is 1. The summed E-state index contributed by atoms with van der Waals surface area (Å²) in [6.45, 7) is 9.94. The summed E-state index contributed by atoms with van der Waals surface area (Å²) in [5.74, 6) is 2.58. The highest BCUT2D eigenvalue weighted by Gasteiger charge is 2.26. The summed E-state index contributed by atoms with van der Waals surface area (Å²) < 4.78 is 10.9. The number of rotatable bonds is 6. The van der Waals surface area contributed by atoms with Crippen LogP contribution in [0.1, 0.15) is 45.6 Å². The van der Waals surface area contributed by atoms with Gasteiger partial charge in [-0.25, -0.2) is 0 Å². The summed E-state index contributed by atoms with van der Waals surface area (Å²) in [7, 11) is 0. The predicted molar refractivity (Wildman–Crippen MR) is 125 cm³/mol. The highest BCUT2D eigenvalue weighted by Crippen LogP contribution is 2.36. The number of carbonyl (C=O) groups excluding carboxylic acids is 1. The zero-order valence-electron chi connectivity index (χ0n) is 17.6. The van der Waals surface area contributed by atoms with Crippen LogP contribution in [0.3, 0.4) is 0 Å². The quantitative estimate of drug-likeness (QED) is 0.345. The van der Waals surface area contributed by atoms with E-state index >= 15 is 0 Å². The third-order valence-electron chi connectivity index (χ3n) is 5.42. The fourth-order valence-electron chi connectivity index (χ4n) is 3.82. The maximum Gasteiger partial charge on any atom is 0.231 e. The van der Waals surface area contributed by atoms with E-state index in [-0.39, 0.29) is 42.1 Å². The topological polar surface area (TPSA) is 89.2 Å². The molecule has 1 fully saturated rings. The third-order valence-corrected chi connectivity index (χ3v) is 5.42. The molecule has 0 spiro atoms. The van der Waals surface area contributed by atoms with Gasteiger partial charge in [-0.05, 0) is 43.4 Å². The van der Waals surface area contributed by atoms with Crippen LogP contribution in [-0.4, -0.2) is 49.7 Å². The van der Waals surface area contributed by atoms with Gasteiger partial charge in [-0.2, -0.15) is 0 Å². The molecule has 0 aliphatic carbocycles. The van der Waals surface area contributed by atoms with Crippen molar-refractivity contribution in [3.8, 4) is 11.5 Å². The largest absolute Gasteiger partial charge is 0.454 e. The van der Waals surface area contributed by atoms with Gasteiger partial charge in [-0.1, -0.05) is 19.9 Å². The number of hydrogen-bond donors (Lipinski definition) is 2. The average molecular weight is 516 g/mol. The Morgan fingerprint density at radius 2 is 2.10 bits per heavy atom. The number of ether oxygens (including phenoxy) is 2. The van der Waals surface area contributed by atoms with E-state index in [0.29, 0.717) is 18.9 Å². The van der Waals surface area contributed by atoms with Crippen molar-refractivity contribution in [2.24, 2.45) is 16.6 Å². The van der Waals surface area contributed by atoms with Crippen molar-refractivity contribution in [3.05, 3.63) is 23.8 Å². The maximum atomic E-state index is 11.3. The summed E-state index contributed by atoms with van der Waals surface area (Å²) in [5.41, 5.74) is 6.42. The third kappa shape index (κ3) is 6.13. The molecule has 0 radical (unpaired) electrons. The fraction of sp³-hybridized carbons (Fsp3) is 0.619. The molecule has 1 unspecified atom stereocenters. The second-order valence-electron chi connectivity index (χ2n) is 8.25. The number of piperidine rings is 1. The van der Waals surface area contributed by atoms with Crippen LogP contribution in [-0.2, 0) is 10.2 Å². The molecule has 3 N–H and O–H groups in total. The van der Waals surface area contributed by atoms with Crippen LogP contribution in [0, 0.1) is 5.92 Å². The zero-order valence-corrected chi connectivity index (χ0v) is 19.9. The molecule has 8 heteroatoms. The van der Waals surface area contributed by atoms with Crippen molar-refractivity contribution >= 4 is 35.8 Å². The first-order chi connectivity index (χ1) is 13.4. The van der Waals surface area contributed by atoms with Gasteiger partial charge in [0.2, 0.25) is 12.7 Å². The number of primary amides is 1. The van der Waals surface area contributed by atoms with Crippen LogP contribution in [0.15, 0.2) is 23.2 Å². The number of guanidine groups is 1. The number of amides is 1. The minimum absolute atomic E-state index is 0. The first-order valence-corrected chi connectivity index (χ1v) is 10.1. The highest BCUT2D eigenvalue weighted by molar-refractivity contribution is 14.0. The molecule has 2 aliphatic rings. The molecule has 1 saturated heterocycles. The first kappa shape index (κ1) is 23.6. The minimum Gasteiger partial charge on any atom is -0.454 e. The Hall–Kier alpha value is -1.71. The molecular weight excluding hydrogens is 483 g/mol. The Labute approximate surface area is 190 Å². The van der Waals surface area contributed by atoms with Crippen molar-refractivity contribution in [1.82, 2.24) is 10.2 Å². The first-order valence-electron chi connectivity index (χ1n) is 10.1. The monoisotopic (exact) mass is 516 g/mol. The predicted octanol–water partition coefficient (Wildman–Crippen LogP) is 2.86. The van der Waals surface area contributed by atoms with Gasteiger partial charge in [0.05, 0.1) is 6.54 Å². The van der Waals surface area contributed by atoms with Gasteiger partial charge in [0, 0.05) is 31.5 Å². The lowest BCUT2D eigenvalue weighted by atomic mass is 9.84. The van der Waals surface area contributed by atoms with Crippen molar-refractivity contribution in [3.63, 3.8) is 0 Å². The normalized spacial score (nSPS) is 18.9. The van der Waals surface area contributed by atoms with Crippen molar-refractivity contribution in [2.75, 3.05) is 33.0 Å². The highest BCUT2D eigenvalue weighted by atomic mass is 127. The number of nitrogens with zero attached hydrogens (tertiary/aromatic N) is 2. The van der Waals surface area contributed by atoms with Crippen molar-refractivity contribution in [2.45, 2.75) is 45.4 Å². The van der Waals surface area contributed by atoms with Gasteiger partial charge in [0.15, 0.2) is 17.5 Å². The Morgan fingerprint density at radius 3 is 2.83 bits per heavy atom. The van der Waals surface area contributed by atoms with Crippen molar-refractivity contribution in [1.29, 1.82) is 0 Å². The van der Waals surface area contributed by atoms with E-state index < -0.39 is 0 Å². The van der Waals surface area contributed by atoms with Crippen LogP contribution in [0.25, 0.3) is 0 Å². The van der Waals surface area contributed by atoms with Gasteiger partial charge >= 0.3 is 0 Å². The van der Waals surface area contributed by atoms with E-state index in [9.17, 15) is 4.79 Å². The molecular formula is C21H33IN4O3. The molecule has 0 bridgehead atoms. The second kappa shape index (κ2) is 10.4. The molecule has 3 rings (SSSR count). The Balaban J connectivity index is 0.00000300. The van der Waals surface area contributed by atoms with Crippen LogP contribution in [0.2, 0.25) is 0 Å². The number of hydrogen-bond acceptors (Lipinski definition) is 4. The smallest absolute Gasteiger partial charge is 0.231 e. The zero-order chi connectivity index (χ0) is 20.1. The molecule has 1 aromatic carbocycles. The van der Waals surface area contributed by atoms with E-state index in [4.69, 9.17) is 20.2 Å². The lowest BCUT2D eigenvalue weighted by molar-refractivity contribution is -0.119. The lowest BCUT2D eigenvalue weighted by Gasteiger charge is -2.35. The summed E-state index contributed by atoms with van der Waals surface area (Å²) in [5, 5.41) is 3.41. The number of aliphatic imine (C=N–C) groups is 1. The molecule has 7 nitrogen and oxygen atoms in total. The van der Waals surface area contributed by atoms with Crippen LogP contribution in [0.4, 0.5) is 0 Å². The van der Waals surface area contributed by atoms with Gasteiger partial charge in [0.1, 0.15) is 0 Å². The Kier molecular flexibility index (Phi) is 8.42. The number of halogens is 1. The fourth-order valence-corrected chi connectivity index (χ4v) is 3.82. The summed E-state index contributed by atoms with van der Waals surface area (Å²) in [6.07, 6.45) is 2.54. The molecule has 0 aromatic heterocycles. The van der Waals surface area contributed by atoms with E-state index in [1.54, 1.807) is 0 Å². The van der Waals surface area contributed by atoms with Gasteiger partial charge in [0.25, 0.3) is 0 Å². The Morgan fingerprint density at radius 1 is 1.34 bits per heavy atom. The molecule has 29 heavy (non-hydrogen) atoms. The summed E-state index contributed by atoms with van der Waals surface area (Å²) in [4.78, 5) is 18.5. The van der Waals surface area contributed by atoms with Gasteiger partial charge in [-0.3, -0.25) is 9.79 Å². The number of nitrogens with one attached hydrogen (secondary N) is 1. The van der Waals surface area contributed by atoms with Crippen LogP contribution < -0.4 is 20.5 Å². The minimum atomic E-state index is -0.224. The standard InChI is InChI=1S/C21H32N4O3.HI/c1-4-23-20(25-9-5-6-15(12-25)10-19(22)26)24-13-21(2,3)16-7-8-17-18(11-16)28-14-27-17;/h7-8,11,15H,4-6,9-10,12-14H2,1-3H3,(H2,22,26)(H,23,24);1H. The second-order valence-corrected chi connectivity index (χ2v) is 8.25. The maximum absolute atomic E-state index is 11.3. The molecule has 0 saturated carbocycles. The molecule has 1 amide bonds. The number of carbonyl (C=O) groups is 1. The number of fused-ring (bicyclic) bond motifs is 1.